The minimum Gasteiger partial charge on any atom is -0.325 e. The Morgan fingerprint density at radius 3 is 2.42 bits per heavy atom. The highest BCUT2D eigenvalue weighted by Crippen LogP contribution is 2.11. The number of aromatic nitrogens is 1. The van der Waals surface area contributed by atoms with Crippen molar-refractivity contribution in [2.75, 3.05) is 0 Å². The van der Waals surface area contributed by atoms with Crippen LogP contribution in [-0.4, -0.2) is 4.98 Å². The van der Waals surface area contributed by atoms with Gasteiger partial charge in [-0.2, -0.15) is 0 Å². The third-order valence-corrected chi connectivity index (χ3v) is 1.69. The third-order valence-electron chi connectivity index (χ3n) is 1.29. The van der Waals surface area contributed by atoms with Crippen molar-refractivity contribution < 1.29 is 0 Å². The van der Waals surface area contributed by atoms with Crippen LogP contribution < -0.4 is 5.73 Å². The number of nitrogens with zero attached hydrogens (tertiary/aromatic N) is 1. The molecule has 0 fully saturated rings. The summed E-state index contributed by atoms with van der Waals surface area (Å²) in [6, 6.07) is 3.64. The van der Waals surface area contributed by atoms with Gasteiger partial charge < -0.3 is 5.73 Å². The van der Waals surface area contributed by atoms with Crippen LogP contribution in [0.15, 0.2) is 12.1 Å². The van der Waals surface area contributed by atoms with Gasteiger partial charge in [-0.25, -0.2) is 0 Å². The minimum atomic E-state index is 0. The van der Waals surface area contributed by atoms with E-state index in [-0.39, 0.29) is 24.8 Å². The number of aryl methyl sites for hydroxylation is 1. The fraction of sp³-hybridized carbons (Fsp3) is 0.286. The zero-order chi connectivity index (χ0) is 7.56. The summed E-state index contributed by atoms with van der Waals surface area (Å²) in [6.45, 7) is 2.33. The van der Waals surface area contributed by atoms with E-state index in [0.717, 1.165) is 11.4 Å². The first-order valence-corrected chi connectivity index (χ1v) is 3.44. The van der Waals surface area contributed by atoms with Gasteiger partial charge in [-0.15, -0.1) is 24.8 Å². The normalized spacial score (nSPS) is 8.25. The van der Waals surface area contributed by atoms with E-state index in [4.69, 9.17) is 17.3 Å². The summed E-state index contributed by atoms with van der Waals surface area (Å²) < 4.78 is 0. The van der Waals surface area contributed by atoms with Crippen LogP contribution in [-0.2, 0) is 6.54 Å². The first-order valence-electron chi connectivity index (χ1n) is 3.06. The smallest absolute Gasteiger partial charge is 0.0618 e. The Labute approximate surface area is 89.3 Å². The van der Waals surface area contributed by atoms with Gasteiger partial charge in [0, 0.05) is 6.54 Å². The minimum absolute atomic E-state index is 0. The number of nitrogens with two attached hydrogens (primary N) is 1. The highest BCUT2D eigenvalue weighted by Gasteiger charge is 1.95. The SMILES string of the molecule is Cc1nc(CN)ccc1Cl.Cl.Cl. The van der Waals surface area contributed by atoms with Crippen LogP contribution in [0.25, 0.3) is 0 Å². The third kappa shape index (κ3) is 3.59. The lowest BCUT2D eigenvalue weighted by Gasteiger charge is -1.98. The Bertz CT molecular complexity index is 240. The van der Waals surface area contributed by atoms with Gasteiger partial charge in [0.15, 0.2) is 0 Å². The van der Waals surface area contributed by atoms with E-state index in [1.807, 2.05) is 19.1 Å². The fourth-order valence-corrected chi connectivity index (χ4v) is 0.815. The van der Waals surface area contributed by atoms with E-state index < -0.39 is 0 Å². The van der Waals surface area contributed by atoms with Crippen LogP contribution in [0.5, 0.6) is 0 Å². The lowest BCUT2D eigenvalue weighted by atomic mass is 10.3. The molecule has 0 saturated heterocycles. The van der Waals surface area contributed by atoms with Gasteiger partial charge in [0.05, 0.1) is 16.4 Å². The van der Waals surface area contributed by atoms with Gasteiger partial charge in [0.2, 0.25) is 0 Å². The summed E-state index contributed by atoms with van der Waals surface area (Å²) in [7, 11) is 0. The first-order chi connectivity index (χ1) is 4.74. The number of hydrogen-bond donors (Lipinski definition) is 1. The van der Waals surface area contributed by atoms with Crippen molar-refractivity contribution in [3.63, 3.8) is 0 Å². The molecule has 0 amide bonds. The summed E-state index contributed by atoms with van der Waals surface area (Å²) >= 11 is 5.73. The predicted molar refractivity (Wildman–Crippen MR) is 56.4 cm³/mol. The molecule has 0 aromatic carbocycles. The Balaban J connectivity index is 0. The molecule has 2 nitrogen and oxygen atoms in total. The van der Waals surface area contributed by atoms with E-state index >= 15 is 0 Å². The number of halogens is 3. The highest BCUT2D eigenvalue weighted by molar-refractivity contribution is 6.31. The van der Waals surface area contributed by atoms with E-state index in [1.54, 1.807) is 0 Å². The number of rotatable bonds is 1. The van der Waals surface area contributed by atoms with Gasteiger partial charge in [0.25, 0.3) is 0 Å². The topological polar surface area (TPSA) is 38.9 Å². The average Bonchev–Trinajstić information content (AvgIpc) is 1.95. The summed E-state index contributed by atoms with van der Waals surface area (Å²) in [6.07, 6.45) is 0. The summed E-state index contributed by atoms with van der Waals surface area (Å²) in [5.74, 6) is 0. The molecule has 0 aliphatic heterocycles. The largest absolute Gasteiger partial charge is 0.325 e. The maximum atomic E-state index is 5.73. The molecule has 0 bridgehead atoms. The van der Waals surface area contributed by atoms with Crippen LogP contribution in [0.4, 0.5) is 0 Å². The molecular weight excluding hydrogens is 218 g/mol. The molecule has 1 heterocycles. The highest BCUT2D eigenvalue weighted by atomic mass is 35.5. The molecule has 12 heavy (non-hydrogen) atoms. The van der Waals surface area contributed by atoms with E-state index in [0.29, 0.717) is 11.6 Å². The van der Waals surface area contributed by atoms with Crippen molar-refractivity contribution >= 4 is 36.4 Å². The standard InChI is InChI=1S/C7H9ClN2.2ClH/c1-5-7(8)3-2-6(4-9)10-5;;/h2-3H,4,9H2,1H3;2*1H. The Morgan fingerprint density at radius 1 is 1.42 bits per heavy atom. The second kappa shape index (κ2) is 6.49. The molecule has 2 N–H and O–H groups in total. The van der Waals surface area contributed by atoms with Crippen LogP contribution in [0.2, 0.25) is 5.02 Å². The molecule has 0 unspecified atom stereocenters. The zero-order valence-electron chi connectivity index (χ0n) is 6.58. The lowest BCUT2D eigenvalue weighted by Crippen LogP contribution is -2.00. The molecule has 5 heteroatoms. The van der Waals surface area contributed by atoms with Crippen LogP contribution >= 0.6 is 36.4 Å². The van der Waals surface area contributed by atoms with Crippen molar-refractivity contribution in [2.45, 2.75) is 13.5 Å². The van der Waals surface area contributed by atoms with Crippen molar-refractivity contribution in [1.82, 2.24) is 4.98 Å². The van der Waals surface area contributed by atoms with Crippen molar-refractivity contribution in [3.05, 3.63) is 28.5 Å². The molecule has 0 radical (unpaired) electrons. The second-order valence-electron chi connectivity index (χ2n) is 2.07. The molecular formula is C7H11Cl3N2. The number of pyridine rings is 1. The summed E-state index contributed by atoms with van der Waals surface area (Å²) in [5.41, 5.74) is 7.08. The maximum absolute atomic E-state index is 5.73. The average molecular weight is 230 g/mol. The summed E-state index contributed by atoms with van der Waals surface area (Å²) in [5, 5.41) is 0.692. The molecule has 0 aliphatic rings. The van der Waals surface area contributed by atoms with Gasteiger partial charge in [0.1, 0.15) is 0 Å². The van der Waals surface area contributed by atoms with Crippen molar-refractivity contribution in [1.29, 1.82) is 0 Å². The lowest BCUT2D eigenvalue weighted by molar-refractivity contribution is 0.969. The predicted octanol–water partition coefficient (Wildman–Crippen LogP) is 2.35. The van der Waals surface area contributed by atoms with Crippen LogP contribution in [0, 0.1) is 6.92 Å². The molecule has 0 spiro atoms. The maximum Gasteiger partial charge on any atom is 0.0618 e. The molecule has 70 valence electrons. The van der Waals surface area contributed by atoms with Gasteiger partial charge in [-0.1, -0.05) is 11.6 Å². The Morgan fingerprint density at radius 2 is 2.00 bits per heavy atom. The Kier molecular flexibility index (Phi) is 7.84. The fourth-order valence-electron chi connectivity index (χ4n) is 0.710. The van der Waals surface area contributed by atoms with E-state index in [9.17, 15) is 0 Å². The summed E-state index contributed by atoms with van der Waals surface area (Å²) in [4.78, 5) is 4.13. The molecule has 1 aromatic rings. The van der Waals surface area contributed by atoms with Crippen LogP contribution in [0.1, 0.15) is 11.4 Å². The molecule has 0 atom stereocenters. The Hall–Kier alpha value is -0.0200. The van der Waals surface area contributed by atoms with E-state index in [1.165, 1.54) is 0 Å². The van der Waals surface area contributed by atoms with Crippen LogP contribution in [0.3, 0.4) is 0 Å². The van der Waals surface area contributed by atoms with Crippen molar-refractivity contribution in [3.8, 4) is 0 Å². The van der Waals surface area contributed by atoms with Gasteiger partial charge >= 0.3 is 0 Å². The molecule has 0 saturated carbocycles. The number of hydrogen-bond acceptors (Lipinski definition) is 2. The quantitative estimate of drug-likeness (QED) is 0.803. The van der Waals surface area contributed by atoms with Crippen molar-refractivity contribution in [2.24, 2.45) is 5.73 Å². The molecule has 0 aliphatic carbocycles. The molecule has 1 aromatic heterocycles. The second-order valence-corrected chi connectivity index (χ2v) is 2.48. The van der Waals surface area contributed by atoms with Gasteiger partial charge in [-0.3, -0.25) is 4.98 Å². The molecule has 1 rings (SSSR count). The zero-order valence-corrected chi connectivity index (χ0v) is 8.97. The van der Waals surface area contributed by atoms with E-state index in [2.05, 4.69) is 4.98 Å². The monoisotopic (exact) mass is 228 g/mol. The first kappa shape index (κ1) is 14.5. The van der Waals surface area contributed by atoms with Gasteiger partial charge in [-0.05, 0) is 19.1 Å².